The molecule has 4 rings (SSSR count). The molecule has 3 aromatic rings. The topological polar surface area (TPSA) is 34.0 Å². The number of nitrogens with zero attached hydrogens (tertiary/aromatic N) is 1. The Balaban J connectivity index is 2.01. The monoisotopic (exact) mass is 442 g/mol. The predicted molar refractivity (Wildman–Crippen MR) is 135 cm³/mol. The number of nitrogens with one attached hydrogen (secondary N) is 1. The first-order chi connectivity index (χ1) is 16.0. The highest BCUT2D eigenvalue weighted by atomic mass is 19.1. The number of amides is 1. The Morgan fingerprint density at radius 3 is 2.39 bits per heavy atom. The second kappa shape index (κ2) is 10.0. The Labute approximate surface area is 195 Å². The molecule has 1 N–H and O–H groups in total. The van der Waals surface area contributed by atoms with Gasteiger partial charge in [0.25, 0.3) is 5.91 Å². The fourth-order valence-electron chi connectivity index (χ4n) is 4.63. The standard InChI is InChI=1S/C29H31FN2O/c1-4-19-32-27(20(2)3)26(29(33)31-24-13-9-6-10-14-24)25(21-11-7-5-8-12-21)28(32)22-15-17-23(30)18-16-22/h6-7,9-18,20H,4-5,8,19H2,1-3H3,(H,31,33). The lowest BCUT2D eigenvalue weighted by Crippen LogP contribution is -2.17. The molecule has 3 nitrogen and oxygen atoms in total. The number of anilines is 1. The molecule has 0 spiro atoms. The van der Waals surface area contributed by atoms with Crippen molar-refractivity contribution in [2.75, 3.05) is 5.32 Å². The molecule has 2 aromatic carbocycles. The van der Waals surface area contributed by atoms with Gasteiger partial charge in [-0.2, -0.15) is 0 Å². The normalized spacial score (nSPS) is 13.3. The molecule has 0 saturated carbocycles. The number of halogens is 1. The van der Waals surface area contributed by atoms with Crippen LogP contribution in [0.15, 0.2) is 72.8 Å². The van der Waals surface area contributed by atoms with Gasteiger partial charge in [-0.1, -0.05) is 57.2 Å². The van der Waals surface area contributed by atoms with E-state index in [9.17, 15) is 9.18 Å². The molecule has 1 aromatic heterocycles. The molecule has 170 valence electrons. The van der Waals surface area contributed by atoms with Gasteiger partial charge in [-0.3, -0.25) is 4.79 Å². The summed E-state index contributed by atoms with van der Waals surface area (Å²) in [6.07, 6.45) is 9.34. The van der Waals surface area contributed by atoms with Crippen molar-refractivity contribution in [1.29, 1.82) is 0 Å². The van der Waals surface area contributed by atoms with E-state index in [0.29, 0.717) is 5.56 Å². The minimum absolute atomic E-state index is 0.113. The van der Waals surface area contributed by atoms with Crippen molar-refractivity contribution in [2.24, 2.45) is 0 Å². The largest absolute Gasteiger partial charge is 0.343 e. The van der Waals surface area contributed by atoms with Crippen LogP contribution < -0.4 is 5.32 Å². The van der Waals surface area contributed by atoms with Gasteiger partial charge in [0.1, 0.15) is 5.82 Å². The highest BCUT2D eigenvalue weighted by molar-refractivity contribution is 6.11. The summed E-state index contributed by atoms with van der Waals surface area (Å²) >= 11 is 0. The molecular formula is C29H31FN2O. The van der Waals surface area contributed by atoms with E-state index < -0.39 is 0 Å². The van der Waals surface area contributed by atoms with Crippen LogP contribution in [0.25, 0.3) is 16.8 Å². The van der Waals surface area contributed by atoms with Crippen molar-refractivity contribution in [3.05, 3.63) is 95.5 Å². The van der Waals surface area contributed by atoms with E-state index in [1.165, 1.54) is 12.1 Å². The van der Waals surface area contributed by atoms with Crippen LogP contribution in [0.3, 0.4) is 0 Å². The molecule has 1 aliphatic carbocycles. The second-order valence-corrected chi connectivity index (χ2v) is 8.76. The first kappa shape index (κ1) is 22.8. The third kappa shape index (κ3) is 4.70. The molecule has 1 heterocycles. The molecule has 1 amide bonds. The highest BCUT2D eigenvalue weighted by Crippen LogP contribution is 2.41. The van der Waals surface area contributed by atoms with E-state index in [-0.39, 0.29) is 17.6 Å². The minimum atomic E-state index is -0.267. The van der Waals surface area contributed by atoms with E-state index >= 15 is 0 Å². The number of hydrogen-bond donors (Lipinski definition) is 1. The molecular weight excluding hydrogens is 411 g/mol. The van der Waals surface area contributed by atoms with Gasteiger partial charge < -0.3 is 9.88 Å². The number of aromatic nitrogens is 1. The fourth-order valence-corrected chi connectivity index (χ4v) is 4.63. The lowest BCUT2D eigenvalue weighted by Gasteiger charge is -2.16. The number of benzene rings is 2. The highest BCUT2D eigenvalue weighted by Gasteiger charge is 2.30. The summed E-state index contributed by atoms with van der Waals surface area (Å²) in [6, 6.07) is 16.2. The summed E-state index contributed by atoms with van der Waals surface area (Å²) in [5, 5.41) is 3.11. The Bertz CT molecular complexity index is 1180. The summed E-state index contributed by atoms with van der Waals surface area (Å²) in [5.74, 6) is -0.246. The molecule has 0 aliphatic heterocycles. The van der Waals surface area contributed by atoms with Crippen LogP contribution in [0, 0.1) is 5.82 Å². The summed E-state index contributed by atoms with van der Waals surface area (Å²) in [6.45, 7) is 7.18. The first-order valence-corrected chi connectivity index (χ1v) is 11.8. The van der Waals surface area contributed by atoms with Crippen molar-refractivity contribution in [3.63, 3.8) is 0 Å². The average Bonchev–Trinajstić information content (AvgIpc) is 3.16. The number of para-hydroxylation sites is 1. The maximum absolute atomic E-state index is 13.8. The average molecular weight is 443 g/mol. The van der Waals surface area contributed by atoms with Crippen molar-refractivity contribution in [1.82, 2.24) is 4.57 Å². The van der Waals surface area contributed by atoms with Gasteiger partial charge in [-0.15, -0.1) is 0 Å². The van der Waals surface area contributed by atoms with Gasteiger partial charge in [0, 0.05) is 23.5 Å². The summed E-state index contributed by atoms with van der Waals surface area (Å²) in [7, 11) is 0. The quantitative estimate of drug-likeness (QED) is 0.398. The lowest BCUT2D eigenvalue weighted by molar-refractivity contribution is 0.102. The molecule has 0 unspecified atom stereocenters. The van der Waals surface area contributed by atoms with E-state index in [1.54, 1.807) is 0 Å². The molecule has 0 atom stereocenters. The van der Waals surface area contributed by atoms with Crippen LogP contribution in [0.2, 0.25) is 0 Å². The summed E-state index contributed by atoms with van der Waals surface area (Å²) in [5.41, 5.74) is 6.37. The molecule has 0 radical (unpaired) electrons. The van der Waals surface area contributed by atoms with Crippen molar-refractivity contribution in [3.8, 4) is 11.3 Å². The van der Waals surface area contributed by atoms with Gasteiger partial charge in [-0.05, 0) is 72.7 Å². The Morgan fingerprint density at radius 1 is 1.06 bits per heavy atom. The van der Waals surface area contributed by atoms with E-state index in [0.717, 1.165) is 59.6 Å². The summed E-state index contributed by atoms with van der Waals surface area (Å²) in [4.78, 5) is 13.8. The minimum Gasteiger partial charge on any atom is -0.343 e. The van der Waals surface area contributed by atoms with Gasteiger partial charge in [0.05, 0.1) is 11.3 Å². The molecule has 1 aliphatic rings. The van der Waals surface area contributed by atoms with Gasteiger partial charge >= 0.3 is 0 Å². The van der Waals surface area contributed by atoms with Crippen molar-refractivity contribution >= 4 is 17.2 Å². The van der Waals surface area contributed by atoms with Crippen molar-refractivity contribution in [2.45, 2.75) is 52.5 Å². The zero-order valence-corrected chi connectivity index (χ0v) is 19.6. The van der Waals surface area contributed by atoms with Crippen molar-refractivity contribution < 1.29 is 9.18 Å². The SMILES string of the molecule is CCCn1c(-c2ccc(F)cc2)c(C2=CCCC=C2)c(C(=O)Nc2ccccc2)c1C(C)C. The zero-order valence-electron chi connectivity index (χ0n) is 19.6. The van der Waals surface area contributed by atoms with Gasteiger partial charge in [0.2, 0.25) is 0 Å². The van der Waals surface area contributed by atoms with Crippen LogP contribution in [0.4, 0.5) is 10.1 Å². The van der Waals surface area contributed by atoms with Gasteiger partial charge in [0.15, 0.2) is 0 Å². The van der Waals surface area contributed by atoms with E-state index in [1.807, 2.05) is 42.5 Å². The van der Waals surface area contributed by atoms with Crippen LogP contribution in [0.1, 0.15) is 67.6 Å². The van der Waals surface area contributed by atoms with E-state index in [4.69, 9.17) is 0 Å². The molecule has 4 heteroatoms. The predicted octanol–water partition coefficient (Wildman–Crippen LogP) is 7.81. The van der Waals surface area contributed by atoms with Crippen LogP contribution >= 0.6 is 0 Å². The third-order valence-electron chi connectivity index (χ3n) is 5.96. The lowest BCUT2D eigenvalue weighted by atomic mass is 9.91. The van der Waals surface area contributed by atoms with Crippen LogP contribution in [-0.4, -0.2) is 10.5 Å². The maximum atomic E-state index is 13.8. The van der Waals surface area contributed by atoms with Crippen LogP contribution in [-0.2, 0) is 6.54 Å². The number of carbonyl (C=O) groups is 1. The smallest absolute Gasteiger partial charge is 0.258 e. The number of carbonyl (C=O) groups excluding carboxylic acids is 1. The van der Waals surface area contributed by atoms with Crippen LogP contribution in [0.5, 0.6) is 0 Å². The Morgan fingerprint density at radius 2 is 1.79 bits per heavy atom. The number of rotatable bonds is 7. The Hall–Kier alpha value is -3.40. The molecule has 0 bridgehead atoms. The maximum Gasteiger partial charge on any atom is 0.258 e. The molecule has 33 heavy (non-hydrogen) atoms. The molecule has 0 saturated heterocycles. The number of allylic oxidation sites excluding steroid dienone is 4. The summed E-state index contributed by atoms with van der Waals surface area (Å²) < 4.78 is 16.1. The molecule has 0 fully saturated rings. The zero-order chi connectivity index (χ0) is 23.4. The first-order valence-electron chi connectivity index (χ1n) is 11.8. The Kier molecular flexibility index (Phi) is 6.93. The number of hydrogen-bond acceptors (Lipinski definition) is 1. The van der Waals surface area contributed by atoms with Gasteiger partial charge in [-0.25, -0.2) is 4.39 Å². The second-order valence-electron chi connectivity index (χ2n) is 8.76. The fraction of sp³-hybridized carbons (Fsp3) is 0.276. The van der Waals surface area contributed by atoms with E-state index in [2.05, 4.69) is 48.9 Å². The third-order valence-corrected chi connectivity index (χ3v) is 5.96.